The van der Waals surface area contributed by atoms with Crippen LogP contribution >= 0.6 is 15.9 Å². The summed E-state index contributed by atoms with van der Waals surface area (Å²) in [6.45, 7) is 1.91. The average Bonchev–Trinajstić information content (AvgIpc) is 2.54. The maximum absolute atomic E-state index is 12.7. The number of hydrogen-bond donors (Lipinski definition) is 2. The van der Waals surface area contributed by atoms with Crippen LogP contribution in [0, 0.1) is 5.41 Å². The van der Waals surface area contributed by atoms with Gasteiger partial charge in [-0.1, -0.05) is 6.42 Å². The SMILES string of the molecule is O=C(NC1CNCCC12CCC2)c1ccc2cncc(Br)c2n1. The zero-order valence-electron chi connectivity index (χ0n) is 12.8. The molecule has 5 nitrogen and oxygen atoms in total. The lowest BCUT2D eigenvalue weighted by Gasteiger charge is -2.51. The van der Waals surface area contributed by atoms with Gasteiger partial charge in [-0.05, 0) is 59.3 Å². The Morgan fingerprint density at radius 2 is 2.17 bits per heavy atom. The van der Waals surface area contributed by atoms with Gasteiger partial charge in [-0.3, -0.25) is 9.78 Å². The number of pyridine rings is 2. The highest BCUT2D eigenvalue weighted by Gasteiger charge is 2.45. The van der Waals surface area contributed by atoms with Crippen LogP contribution in [0.15, 0.2) is 29.0 Å². The van der Waals surface area contributed by atoms with Gasteiger partial charge in [-0.15, -0.1) is 0 Å². The second-order valence-corrected chi connectivity index (χ2v) is 7.44. The predicted octanol–water partition coefficient (Wildman–Crippen LogP) is 2.65. The zero-order valence-corrected chi connectivity index (χ0v) is 14.4. The van der Waals surface area contributed by atoms with E-state index in [1.807, 2.05) is 6.07 Å². The smallest absolute Gasteiger partial charge is 0.270 e. The number of amides is 1. The van der Waals surface area contributed by atoms with Crippen LogP contribution < -0.4 is 10.6 Å². The number of fused-ring (bicyclic) bond motifs is 1. The standard InChI is InChI=1S/C17H19BrN4O/c18-12-9-20-8-11-2-3-13(21-15(11)12)16(23)22-14-10-19-7-6-17(14)4-1-5-17/h2-3,8-9,14,19H,1,4-7,10H2,(H,22,23). The number of carbonyl (C=O) groups is 1. The second-order valence-electron chi connectivity index (χ2n) is 6.59. The molecule has 23 heavy (non-hydrogen) atoms. The maximum atomic E-state index is 12.7. The summed E-state index contributed by atoms with van der Waals surface area (Å²) in [6, 6.07) is 3.87. The van der Waals surface area contributed by atoms with E-state index in [9.17, 15) is 4.79 Å². The van der Waals surface area contributed by atoms with Gasteiger partial charge >= 0.3 is 0 Å². The highest BCUT2D eigenvalue weighted by molar-refractivity contribution is 9.10. The van der Waals surface area contributed by atoms with Crippen LogP contribution in [0.1, 0.15) is 36.2 Å². The number of rotatable bonds is 2. The third-order valence-electron chi connectivity index (χ3n) is 5.33. The largest absolute Gasteiger partial charge is 0.346 e. The Bertz CT molecular complexity index is 759. The van der Waals surface area contributed by atoms with Crippen molar-refractivity contribution in [3.8, 4) is 0 Å². The first-order valence-corrected chi connectivity index (χ1v) is 8.89. The van der Waals surface area contributed by atoms with Crippen molar-refractivity contribution in [2.45, 2.75) is 31.7 Å². The van der Waals surface area contributed by atoms with E-state index in [2.05, 4.69) is 36.5 Å². The molecule has 6 heteroatoms. The van der Waals surface area contributed by atoms with Gasteiger partial charge in [0.1, 0.15) is 5.69 Å². The molecule has 2 aromatic rings. The third-order valence-corrected chi connectivity index (χ3v) is 5.91. The Labute approximate surface area is 143 Å². The van der Waals surface area contributed by atoms with Gasteiger partial charge in [0.2, 0.25) is 0 Å². The molecule has 1 saturated carbocycles. The molecule has 0 bridgehead atoms. The molecule has 2 N–H and O–H groups in total. The van der Waals surface area contributed by atoms with E-state index in [0.29, 0.717) is 11.1 Å². The molecule has 1 saturated heterocycles. The molecule has 2 fully saturated rings. The lowest BCUT2D eigenvalue weighted by Crippen LogP contribution is -2.60. The molecule has 1 unspecified atom stereocenters. The van der Waals surface area contributed by atoms with Gasteiger partial charge in [-0.2, -0.15) is 0 Å². The first-order chi connectivity index (χ1) is 11.2. The zero-order chi connectivity index (χ0) is 15.9. The van der Waals surface area contributed by atoms with Gasteiger partial charge in [-0.25, -0.2) is 4.98 Å². The Hall–Kier alpha value is -1.53. The lowest BCUT2D eigenvalue weighted by atomic mass is 9.61. The highest BCUT2D eigenvalue weighted by Crippen LogP contribution is 2.47. The third kappa shape index (κ3) is 2.64. The van der Waals surface area contributed by atoms with Crippen molar-refractivity contribution in [3.05, 3.63) is 34.7 Å². The molecule has 0 aromatic carbocycles. The van der Waals surface area contributed by atoms with Crippen molar-refractivity contribution >= 4 is 32.7 Å². The van der Waals surface area contributed by atoms with E-state index in [4.69, 9.17) is 0 Å². The fraction of sp³-hybridized carbons (Fsp3) is 0.471. The van der Waals surface area contributed by atoms with Crippen molar-refractivity contribution in [1.82, 2.24) is 20.6 Å². The average molecular weight is 375 g/mol. The molecule has 2 aromatic heterocycles. The van der Waals surface area contributed by atoms with Crippen molar-refractivity contribution in [1.29, 1.82) is 0 Å². The number of nitrogens with one attached hydrogen (secondary N) is 2. The van der Waals surface area contributed by atoms with Crippen molar-refractivity contribution in [3.63, 3.8) is 0 Å². The summed E-state index contributed by atoms with van der Waals surface area (Å²) in [6.07, 6.45) is 8.33. The van der Waals surface area contributed by atoms with Crippen LogP contribution in [0.3, 0.4) is 0 Å². The van der Waals surface area contributed by atoms with E-state index in [-0.39, 0.29) is 11.9 Å². The molecule has 1 atom stereocenters. The van der Waals surface area contributed by atoms with Crippen molar-refractivity contribution in [2.75, 3.05) is 13.1 Å². The van der Waals surface area contributed by atoms with E-state index in [1.54, 1.807) is 18.5 Å². The minimum atomic E-state index is -0.0874. The monoisotopic (exact) mass is 374 g/mol. The summed E-state index contributed by atoms with van der Waals surface area (Å²) in [5.41, 5.74) is 1.54. The van der Waals surface area contributed by atoms with Gasteiger partial charge in [0.15, 0.2) is 0 Å². The molecule has 4 rings (SSSR count). The number of hydrogen-bond acceptors (Lipinski definition) is 4. The van der Waals surface area contributed by atoms with Crippen LogP contribution in [0.5, 0.6) is 0 Å². The molecular weight excluding hydrogens is 356 g/mol. The Morgan fingerprint density at radius 3 is 2.96 bits per heavy atom. The Kier molecular flexibility index (Phi) is 3.81. The summed E-state index contributed by atoms with van der Waals surface area (Å²) >= 11 is 3.45. The summed E-state index contributed by atoms with van der Waals surface area (Å²) in [5.74, 6) is -0.0874. The second kappa shape index (κ2) is 5.83. The number of halogens is 1. The minimum absolute atomic E-state index is 0.0874. The number of piperidine rings is 1. The van der Waals surface area contributed by atoms with Crippen LogP contribution in [0.4, 0.5) is 0 Å². The summed E-state index contributed by atoms with van der Waals surface area (Å²) in [7, 11) is 0. The quantitative estimate of drug-likeness (QED) is 0.847. The molecule has 3 heterocycles. The van der Waals surface area contributed by atoms with Gasteiger partial charge < -0.3 is 10.6 Å². The number of nitrogens with zero attached hydrogens (tertiary/aromatic N) is 2. The normalized spacial score (nSPS) is 22.7. The summed E-state index contributed by atoms with van der Waals surface area (Å²) in [4.78, 5) is 21.3. The maximum Gasteiger partial charge on any atom is 0.270 e. The van der Waals surface area contributed by atoms with E-state index in [1.165, 1.54) is 19.3 Å². The fourth-order valence-corrected chi connectivity index (χ4v) is 4.21. The lowest BCUT2D eigenvalue weighted by molar-refractivity contribution is 0.0389. The summed E-state index contributed by atoms with van der Waals surface area (Å²) < 4.78 is 0.805. The van der Waals surface area contributed by atoms with Gasteiger partial charge in [0.25, 0.3) is 5.91 Å². The van der Waals surface area contributed by atoms with E-state index >= 15 is 0 Å². The Morgan fingerprint density at radius 1 is 1.30 bits per heavy atom. The van der Waals surface area contributed by atoms with Crippen LogP contribution in [0.2, 0.25) is 0 Å². The first kappa shape index (κ1) is 15.0. The number of aromatic nitrogens is 2. The summed E-state index contributed by atoms with van der Waals surface area (Å²) in [5, 5.41) is 7.54. The Balaban J connectivity index is 1.58. The molecule has 2 aliphatic rings. The minimum Gasteiger partial charge on any atom is -0.346 e. The highest BCUT2D eigenvalue weighted by atomic mass is 79.9. The van der Waals surface area contributed by atoms with Crippen molar-refractivity contribution < 1.29 is 4.79 Å². The predicted molar refractivity (Wildman–Crippen MR) is 92.3 cm³/mol. The van der Waals surface area contributed by atoms with Gasteiger partial charge in [0.05, 0.1) is 9.99 Å². The molecule has 1 aliphatic carbocycles. The van der Waals surface area contributed by atoms with Crippen LogP contribution in [0.25, 0.3) is 10.9 Å². The molecule has 1 amide bonds. The molecule has 120 valence electrons. The van der Waals surface area contributed by atoms with Crippen LogP contribution in [-0.2, 0) is 0 Å². The topological polar surface area (TPSA) is 66.9 Å². The number of carbonyl (C=O) groups excluding carboxylic acids is 1. The molecular formula is C17H19BrN4O. The van der Waals surface area contributed by atoms with E-state index < -0.39 is 0 Å². The first-order valence-electron chi connectivity index (χ1n) is 8.10. The molecule has 0 radical (unpaired) electrons. The molecule has 1 spiro atoms. The molecule has 1 aliphatic heterocycles. The van der Waals surface area contributed by atoms with Gasteiger partial charge in [0, 0.05) is 30.4 Å². The van der Waals surface area contributed by atoms with Crippen molar-refractivity contribution in [2.24, 2.45) is 5.41 Å². The van der Waals surface area contributed by atoms with Crippen LogP contribution in [-0.4, -0.2) is 35.0 Å². The van der Waals surface area contributed by atoms with E-state index in [0.717, 1.165) is 34.9 Å². The fourth-order valence-electron chi connectivity index (χ4n) is 3.78.